The number of carbonyl (C=O) groups excluding carboxylic acids is 1. The van der Waals surface area contributed by atoms with Gasteiger partial charge in [0.1, 0.15) is 0 Å². The second kappa shape index (κ2) is 10.4. The zero-order valence-electron chi connectivity index (χ0n) is 18.1. The number of nitrogens with one attached hydrogen (secondary N) is 1. The lowest BCUT2D eigenvalue weighted by Crippen LogP contribution is -2.49. The highest BCUT2D eigenvalue weighted by Gasteiger charge is 2.46. The Labute approximate surface area is 195 Å². The van der Waals surface area contributed by atoms with Crippen molar-refractivity contribution in [2.75, 3.05) is 36.4 Å². The Bertz CT molecular complexity index is 1030. The lowest BCUT2D eigenvalue weighted by molar-refractivity contribution is -0.147. The molecule has 1 saturated carbocycles. The van der Waals surface area contributed by atoms with Crippen LogP contribution in [0.1, 0.15) is 28.8 Å². The fourth-order valence-corrected chi connectivity index (χ4v) is 3.31. The summed E-state index contributed by atoms with van der Waals surface area (Å²) in [6.45, 7) is 1.17. The van der Waals surface area contributed by atoms with Crippen LogP contribution in [0.3, 0.4) is 0 Å². The van der Waals surface area contributed by atoms with Crippen LogP contribution in [0.25, 0.3) is 0 Å². The molecule has 4 rings (SSSR count). The van der Waals surface area contributed by atoms with Gasteiger partial charge in [0, 0.05) is 26.2 Å². The Morgan fingerprint density at radius 2 is 1.54 bits per heavy atom. The molecule has 14 heteroatoms. The SMILES string of the molecule is FC(F)(F)C1CC1.O=C(O)Nc1ccc(N2CCN(C(=O)c3ccccc3C(F)(F)F)CC2)nn1. The number of amides is 2. The van der Waals surface area contributed by atoms with Crippen LogP contribution >= 0.6 is 0 Å². The molecule has 8 nitrogen and oxygen atoms in total. The summed E-state index contributed by atoms with van der Waals surface area (Å²) < 4.78 is 73.1. The summed E-state index contributed by atoms with van der Waals surface area (Å²) in [5, 5.41) is 18.4. The van der Waals surface area contributed by atoms with Crippen molar-refractivity contribution >= 4 is 23.6 Å². The van der Waals surface area contributed by atoms with E-state index < -0.39 is 35.8 Å². The normalized spacial score (nSPS) is 16.3. The Hall–Kier alpha value is -3.58. The van der Waals surface area contributed by atoms with E-state index in [4.69, 9.17) is 5.11 Å². The smallest absolute Gasteiger partial charge is 0.417 e. The first kappa shape index (κ1) is 26.0. The number of benzene rings is 1. The first-order valence-corrected chi connectivity index (χ1v) is 10.5. The van der Waals surface area contributed by atoms with Gasteiger partial charge < -0.3 is 14.9 Å². The van der Waals surface area contributed by atoms with Gasteiger partial charge in [0.25, 0.3) is 5.91 Å². The maximum Gasteiger partial charge on any atom is 0.417 e. The number of nitrogens with zero attached hydrogens (tertiary/aromatic N) is 4. The van der Waals surface area contributed by atoms with Gasteiger partial charge >= 0.3 is 18.4 Å². The van der Waals surface area contributed by atoms with Gasteiger partial charge in [-0.3, -0.25) is 10.1 Å². The first-order chi connectivity index (χ1) is 16.4. The van der Waals surface area contributed by atoms with Gasteiger partial charge in [0.05, 0.1) is 17.0 Å². The minimum Gasteiger partial charge on any atom is -0.465 e. The summed E-state index contributed by atoms with van der Waals surface area (Å²) >= 11 is 0. The van der Waals surface area contributed by atoms with E-state index in [1.807, 2.05) is 4.90 Å². The Morgan fingerprint density at radius 1 is 0.914 bits per heavy atom. The van der Waals surface area contributed by atoms with E-state index in [0.717, 1.165) is 6.07 Å². The number of alkyl halides is 6. The van der Waals surface area contributed by atoms with Crippen LogP contribution in [0.5, 0.6) is 0 Å². The van der Waals surface area contributed by atoms with Crippen LogP contribution < -0.4 is 10.2 Å². The summed E-state index contributed by atoms with van der Waals surface area (Å²) in [6, 6.07) is 7.76. The minimum atomic E-state index is -4.60. The Balaban J connectivity index is 0.000000420. The zero-order valence-corrected chi connectivity index (χ0v) is 18.1. The van der Waals surface area contributed by atoms with E-state index in [-0.39, 0.29) is 24.5 Å². The van der Waals surface area contributed by atoms with Crippen molar-refractivity contribution in [1.82, 2.24) is 15.1 Å². The number of carboxylic acid groups (broad SMARTS) is 1. The summed E-state index contributed by atoms with van der Waals surface area (Å²) in [5.41, 5.74) is -1.32. The molecule has 1 aromatic heterocycles. The lowest BCUT2D eigenvalue weighted by atomic mass is 10.1. The largest absolute Gasteiger partial charge is 0.465 e. The van der Waals surface area contributed by atoms with Crippen LogP contribution in [0.4, 0.5) is 42.8 Å². The first-order valence-electron chi connectivity index (χ1n) is 10.5. The van der Waals surface area contributed by atoms with Crippen molar-refractivity contribution in [3.8, 4) is 0 Å². The number of hydrogen-bond donors (Lipinski definition) is 2. The lowest BCUT2D eigenvalue weighted by Gasteiger charge is -2.35. The predicted octanol–water partition coefficient (Wildman–Crippen LogP) is 4.51. The van der Waals surface area contributed by atoms with Crippen LogP contribution in [-0.2, 0) is 6.18 Å². The molecule has 1 aliphatic carbocycles. The zero-order chi connectivity index (χ0) is 25.8. The number of piperazine rings is 1. The highest BCUT2D eigenvalue weighted by Crippen LogP contribution is 2.43. The second-order valence-electron chi connectivity index (χ2n) is 7.85. The molecule has 2 amide bonds. The molecule has 0 unspecified atom stereocenters. The van der Waals surface area contributed by atoms with E-state index in [0.29, 0.717) is 31.7 Å². The molecule has 190 valence electrons. The number of halogens is 6. The van der Waals surface area contributed by atoms with Crippen molar-refractivity contribution in [2.45, 2.75) is 25.2 Å². The number of carbonyl (C=O) groups is 2. The molecule has 2 fully saturated rings. The third-order valence-corrected chi connectivity index (χ3v) is 5.28. The molecule has 0 bridgehead atoms. The van der Waals surface area contributed by atoms with Crippen molar-refractivity contribution in [3.05, 3.63) is 47.5 Å². The predicted molar refractivity (Wildman–Crippen MR) is 112 cm³/mol. The number of rotatable bonds is 3. The summed E-state index contributed by atoms with van der Waals surface area (Å²) in [4.78, 5) is 26.3. The molecule has 0 spiro atoms. The van der Waals surface area contributed by atoms with E-state index in [9.17, 15) is 35.9 Å². The maximum absolute atomic E-state index is 13.1. The highest BCUT2D eigenvalue weighted by molar-refractivity contribution is 5.96. The van der Waals surface area contributed by atoms with E-state index in [1.54, 1.807) is 6.07 Å². The molecule has 2 N–H and O–H groups in total. The average Bonchev–Trinajstić information content (AvgIpc) is 3.65. The number of anilines is 2. The van der Waals surface area contributed by atoms with Crippen molar-refractivity contribution in [1.29, 1.82) is 0 Å². The van der Waals surface area contributed by atoms with Crippen molar-refractivity contribution in [2.24, 2.45) is 5.92 Å². The van der Waals surface area contributed by atoms with Crippen LogP contribution in [-0.4, -0.2) is 64.6 Å². The maximum atomic E-state index is 13.1. The number of aromatic nitrogens is 2. The molecule has 0 atom stereocenters. The monoisotopic (exact) mass is 505 g/mol. The third-order valence-electron chi connectivity index (χ3n) is 5.28. The van der Waals surface area contributed by atoms with Gasteiger partial charge in [-0.15, -0.1) is 10.2 Å². The molecule has 2 aliphatic rings. The Kier molecular flexibility index (Phi) is 7.70. The number of hydrogen-bond acceptors (Lipinski definition) is 5. The second-order valence-corrected chi connectivity index (χ2v) is 7.85. The van der Waals surface area contributed by atoms with Crippen molar-refractivity contribution < 1.29 is 41.0 Å². The average molecular weight is 505 g/mol. The molecule has 1 aromatic carbocycles. The minimum absolute atomic E-state index is 0.0776. The van der Waals surface area contributed by atoms with E-state index >= 15 is 0 Å². The van der Waals surface area contributed by atoms with E-state index in [2.05, 4.69) is 15.5 Å². The molecule has 1 saturated heterocycles. The van der Waals surface area contributed by atoms with Gasteiger partial charge in [-0.2, -0.15) is 26.3 Å². The fourth-order valence-electron chi connectivity index (χ4n) is 3.31. The molecule has 1 aliphatic heterocycles. The van der Waals surface area contributed by atoms with Gasteiger partial charge in [-0.1, -0.05) is 12.1 Å². The van der Waals surface area contributed by atoms with Crippen LogP contribution in [0, 0.1) is 5.92 Å². The summed E-state index contributed by atoms with van der Waals surface area (Å²) in [6.07, 6.45) is -9.05. The highest BCUT2D eigenvalue weighted by atomic mass is 19.4. The standard InChI is InChI=1S/C17H16F3N5O3.C4H5F3/c18-17(19,20)12-4-2-1-3-11(12)15(26)25-9-7-24(8-10-25)14-6-5-13(22-23-14)21-16(27)28;5-4(6,7)3-1-2-3/h1-6H,7-10H2,(H,21,22)(H,27,28);3H,1-2H2. The topological polar surface area (TPSA) is 98.7 Å². The van der Waals surface area contributed by atoms with Gasteiger partial charge in [-0.25, -0.2) is 4.79 Å². The Morgan fingerprint density at radius 3 is 2.00 bits per heavy atom. The third kappa shape index (κ3) is 7.20. The van der Waals surface area contributed by atoms with Gasteiger partial charge in [0.15, 0.2) is 11.6 Å². The van der Waals surface area contributed by atoms with Crippen molar-refractivity contribution in [3.63, 3.8) is 0 Å². The summed E-state index contributed by atoms with van der Waals surface area (Å²) in [7, 11) is 0. The van der Waals surface area contributed by atoms with Crippen LogP contribution in [0.2, 0.25) is 0 Å². The van der Waals surface area contributed by atoms with E-state index in [1.165, 1.54) is 29.2 Å². The van der Waals surface area contributed by atoms with Gasteiger partial charge in [0.2, 0.25) is 0 Å². The molecule has 2 aromatic rings. The van der Waals surface area contributed by atoms with Crippen LogP contribution in [0.15, 0.2) is 36.4 Å². The van der Waals surface area contributed by atoms with Gasteiger partial charge in [-0.05, 0) is 37.1 Å². The molecule has 2 heterocycles. The quantitative estimate of drug-likeness (QED) is 0.596. The fraction of sp³-hybridized carbons (Fsp3) is 0.429. The summed E-state index contributed by atoms with van der Waals surface area (Å²) in [5.74, 6) is -1.06. The molecular formula is C21H21F6N5O3. The molecule has 35 heavy (non-hydrogen) atoms. The molecular weight excluding hydrogens is 484 g/mol. The molecule has 0 radical (unpaired) electrons.